The SMILES string of the molecule is C=CCCOC(CCCCC)[C](C)[N+](=O)[O-]. The summed E-state index contributed by atoms with van der Waals surface area (Å²) in [4.78, 5) is 10.3. The highest BCUT2D eigenvalue weighted by Gasteiger charge is 2.29. The molecule has 0 amide bonds. The molecule has 0 heterocycles. The monoisotopic (exact) mass is 228 g/mol. The minimum Gasteiger partial charge on any atom is -0.370 e. The number of nitrogens with zero attached hydrogens (tertiary/aromatic N) is 1. The molecule has 1 unspecified atom stereocenters. The Kier molecular flexibility index (Phi) is 8.81. The van der Waals surface area contributed by atoms with Crippen LogP contribution in [0.4, 0.5) is 0 Å². The van der Waals surface area contributed by atoms with Gasteiger partial charge in [-0.1, -0.05) is 32.3 Å². The lowest BCUT2D eigenvalue weighted by Crippen LogP contribution is -2.26. The standard InChI is InChI=1S/C12H22NO3/c1-4-6-8-9-12(11(3)13(14)15)16-10-7-5-2/h5,12H,2,4,6-10H2,1,3H3. The fraction of sp³-hybridized carbons (Fsp3) is 0.750. The summed E-state index contributed by atoms with van der Waals surface area (Å²) in [7, 11) is 0. The average molecular weight is 228 g/mol. The van der Waals surface area contributed by atoms with Crippen molar-refractivity contribution in [2.45, 2.75) is 52.1 Å². The van der Waals surface area contributed by atoms with E-state index >= 15 is 0 Å². The van der Waals surface area contributed by atoms with Crippen molar-refractivity contribution in [3.05, 3.63) is 28.8 Å². The van der Waals surface area contributed by atoms with Gasteiger partial charge in [-0.05, 0) is 12.8 Å². The first kappa shape index (κ1) is 15.1. The van der Waals surface area contributed by atoms with E-state index in [0.29, 0.717) is 6.61 Å². The topological polar surface area (TPSA) is 52.4 Å². The third-order valence-corrected chi connectivity index (χ3v) is 2.46. The van der Waals surface area contributed by atoms with Crippen LogP contribution in [-0.2, 0) is 4.74 Å². The van der Waals surface area contributed by atoms with Crippen LogP contribution in [0.1, 0.15) is 46.0 Å². The maximum Gasteiger partial charge on any atom is 0.315 e. The van der Waals surface area contributed by atoms with Crippen LogP contribution in [0.3, 0.4) is 0 Å². The minimum atomic E-state index is -0.346. The van der Waals surface area contributed by atoms with Crippen LogP contribution in [0.15, 0.2) is 12.7 Å². The number of hydrogen-bond donors (Lipinski definition) is 0. The molecule has 4 nitrogen and oxygen atoms in total. The molecule has 0 fully saturated rings. The summed E-state index contributed by atoms with van der Waals surface area (Å²) in [5.74, 6) is 0. The normalized spacial score (nSPS) is 12.7. The van der Waals surface area contributed by atoms with Crippen molar-refractivity contribution in [2.75, 3.05) is 6.61 Å². The Morgan fingerprint density at radius 3 is 2.75 bits per heavy atom. The van der Waals surface area contributed by atoms with Crippen molar-refractivity contribution >= 4 is 0 Å². The smallest absolute Gasteiger partial charge is 0.315 e. The van der Waals surface area contributed by atoms with Crippen LogP contribution >= 0.6 is 0 Å². The van der Waals surface area contributed by atoms with Crippen molar-refractivity contribution in [1.82, 2.24) is 0 Å². The highest BCUT2D eigenvalue weighted by atomic mass is 16.6. The Morgan fingerprint density at radius 1 is 1.56 bits per heavy atom. The minimum absolute atomic E-state index is 0.208. The second-order valence-corrected chi connectivity index (χ2v) is 3.83. The molecule has 0 aliphatic carbocycles. The van der Waals surface area contributed by atoms with Gasteiger partial charge in [-0.25, -0.2) is 0 Å². The van der Waals surface area contributed by atoms with Gasteiger partial charge in [0.1, 0.15) is 6.10 Å². The van der Waals surface area contributed by atoms with E-state index in [4.69, 9.17) is 4.74 Å². The van der Waals surface area contributed by atoms with Gasteiger partial charge in [0.15, 0.2) is 0 Å². The van der Waals surface area contributed by atoms with E-state index in [-0.39, 0.29) is 17.1 Å². The van der Waals surface area contributed by atoms with E-state index in [0.717, 1.165) is 32.1 Å². The molecule has 0 spiro atoms. The van der Waals surface area contributed by atoms with E-state index < -0.39 is 0 Å². The Morgan fingerprint density at radius 2 is 2.25 bits per heavy atom. The van der Waals surface area contributed by atoms with Gasteiger partial charge in [0.25, 0.3) is 0 Å². The number of nitro groups is 1. The molecule has 0 saturated heterocycles. The van der Waals surface area contributed by atoms with Crippen molar-refractivity contribution in [3.8, 4) is 0 Å². The van der Waals surface area contributed by atoms with Crippen molar-refractivity contribution < 1.29 is 9.66 Å². The molecule has 0 aromatic rings. The zero-order valence-corrected chi connectivity index (χ0v) is 10.3. The maximum atomic E-state index is 10.7. The van der Waals surface area contributed by atoms with E-state index in [9.17, 15) is 10.1 Å². The van der Waals surface area contributed by atoms with Crippen LogP contribution in [0.25, 0.3) is 0 Å². The van der Waals surface area contributed by atoms with Crippen molar-refractivity contribution in [3.63, 3.8) is 0 Å². The summed E-state index contributed by atoms with van der Waals surface area (Å²) in [6.07, 6.45) is 6.04. The van der Waals surface area contributed by atoms with Gasteiger partial charge in [0, 0.05) is 11.8 Å². The fourth-order valence-corrected chi connectivity index (χ4v) is 1.40. The molecule has 0 aromatic heterocycles. The van der Waals surface area contributed by atoms with Crippen molar-refractivity contribution in [1.29, 1.82) is 0 Å². The van der Waals surface area contributed by atoms with Crippen molar-refractivity contribution in [2.24, 2.45) is 0 Å². The first-order valence-corrected chi connectivity index (χ1v) is 5.83. The molecule has 16 heavy (non-hydrogen) atoms. The predicted octanol–water partition coefficient (Wildman–Crippen LogP) is 3.36. The second kappa shape index (κ2) is 9.33. The molecule has 0 aliphatic heterocycles. The number of ether oxygens (including phenoxy) is 1. The fourth-order valence-electron chi connectivity index (χ4n) is 1.40. The molecule has 0 aliphatic rings. The van der Waals surface area contributed by atoms with Gasteiger partial charge < -0.3 is 4.74 Å². The zero-order valence-electron chi connectivity index (χ0n) is 10.3. The van der Waals surface area contributed by atoms with Gasteiger partial charge in [0.2, 0.25) is 0 Å². The van der Waals surface area contributed by atoms with Crippen LogP contribution < -0.4 is 0 Å². The number of hydrogen-bond acceptors (Lipinski definition) is 3. The number of rotatable bonds is 10. The molecule has 0 aromatic carbocycles. The van der Waals surface area contributed by atoms with Gasteiger partial charge >= 0.3 is 6.04 Å². The molecule has 4 heteroatoms. The Labute approximate surface area is 97.8 Å². The highest BCUT2D eigenvalue weighted by Crippen LogP contribution is 2.18. The lowest BCUT2D eigenvalue weighted by atomic mass is 10.1. The first-order chi connectivity index (χ1) is 7.63. The predicted molar refractivity (Wildman–Crippen MR) is 64.6 cm³/mol. The third kappa shape index (κ3) is 6.56. The van der Waals surface area contributed by atoms with Gasteiger partial charge in [0.05, 0.1) is 6.61 Å². The number of unbranched alkanes of at least 4 members (excludes halogenated alkanes) is 2. The zero-order chi connectivity index (χ0) is 12.4. The molecule has 93 valence electrons. The Bertz CT molecular complexity index is 206. The van der Waals surface area contributed by atoms with E-state index in [1.54, 1.807) is 6.08 Å². The summed E-state index contributed by atoms with van der Waals surface area (Å²) in [6.45, 7) is 7.74. The lowest BCUT2D eigenvalue weighted by molar-refractivity contribution is -0.476. The van der Waals surface area contributed by atoms with E-state index in [1.807, 2.05) is 0 Å². The van der Waals surface area contributed by atoms with Gasteiger partial charge in [-0.3, -0.25) is 10.1 Å². The molecular weight excluding hydrogens is 206 g/mol. The Hall–Kier alpha value is -0.900. The van der Waals surface area contributed by atoms with E-state index in [2.05, 4.69) is 13.5 Å². The molecule has 0 bridgehead atoms. The van der Waals surface area contributed by atoms with Gasteiger partial charge in [-0.2, -0.15) is 0 Å². The summed E-state index contributed by atoms with van der Waals surface area (Å²) in [5, 5.41) is 10.7. The quantitative estimate of drug-likeness (QED) is 0.249. The third-order valence-electron chi connectivity index (χ3n) is 2.46. The molecule has 0 saturated carbocycles. The summed E-state index contributed by atoms with van der Waals surface area (Å²) in [5.41, 5.74) is 0. The van der Waals surface area contributed by atoms with Crippen LogP contribution in [0.5, 0.6) is 0 Å². The Balaban J connectivity index is 4.03. The average Bonchev–Trinajstić information content (AvgIpc) is 2.26. The van der Waals surface area contributed by atoms with Gasteiger partial charge in [-0.15, -0.1) is 6.58 Å². The molecule has 0 N–H and O–H groups in total. The van der Waals surface area contributed by atoms with Crippen LogP contribution in [0.2, 0.25) is 0 Å². The maximum absolute atomic E-state index is 10.7. The highest BCUT2D eigenvalue weighted by molar-refractivity contribution is 4.82. The molecular formula is C12H22NO3. The molecule has 1 radical (unpaired) electrons. The summed E-state index contributed by atoms with van der Waals surface area (Å²) in [6, 6.07) is 0.208. The largest absolute Gasteiger partial charge is 0.370 e. The van der Waals surface area contributed by atoms with E-state index in [1.165, 1.54) is 6.92 Å². The lowest BCUT2D eigenvalue weighted by Gasteiger charge is -2.17. The summed E-state index contributed by atoms with van der Waals surface area (Å²) >= 11 is 0. The first-order valence-electron chi connectivity index (χ1n) is 5.83. The summed E-state index contributed by atoms with van der Waals surface area (Å²) < 4.78 is 5.50. The molecule has 0 rings (SSSR count). The van der Waals surface area contributed by atoms with Crippen LogP contribution in [-0.4, -0.2) is 17.6 Å². The van der Waals surface area contributed by atoms with Crippen LogP contribution in [0, 0.1) is 16.2 Å². The second-order valence-electron chi connectivity index (χ2n) is 3.83. The molecule has 1 atom stereocenters.